The van der Waals surface area contributed by atoms with Crippen LogP contribution in [0.3, 0.4) is 0 Å². The molecular formula is C7H13NO4S. The number of carbonyl (C=O) groups excluding carboxylic acids is 1. The fraction of sp³-hybridized carbons (Fsp3) is 0.571. The summed E-state index contributed by atoms with van der Waals surface area (Å²) in [5.74, 6) is -0.711. The summed E-state index contributed by atoms with van der Waals surface area (Å²) in [6.07, 6.45) is 1.12. The molecule has 0 aliphatic heterocycles. The van der Waals surface area contributed by atoms with Gasteiger partial charge in [-0.1, -0.05) is 6.08 Å². The second-order valence-electron chi connectivity index (χ2n) is 3.27. The van der Waals surface area contributed by atoms with Gasteiger partial charge in [0.2, 0.25) is 5.91 Å². The van der Waals surface area contributed by atoms with Crippen LogP contribution in [0.2, 0.25) is 0 Å². The van der Waals surface area contributed by atoms with Crippen LogP contribution in [0.4, 0.5) is 0 Å². The monoisotopic (exact) mass is 207 g/mol. The Bertz CT molecular complexity index is 340. The topological polar surface area (TPSA) is 97.5 Å². The molecule has 0 heterocycles. The third-order valence-corrected chi connectivity index (χ3v) is 3.07. The molecule has 0 bridgehead atoms. The second kappa shape index (κ2) is 3.47. The summed E-state index contributed by atoms with van der Waals surface area (Å²) >= 11 is 0. The third-order valence-electron chi connectivity index (χ3n) is 1.62. The third kappa shape index (κ3) is 3.16. The molecule has 0 aliphatic rings. The van der Waals surface area contributed by atoms with Crippen LogP contribution in [-0.4, -0.2) is 23.6 Å². The average molecular weight is 207 g/mol. The highest BCUT2D eigenvalue weighted by Crippen LogP contribution is 2.18. The summed E-state index contributed by atoms with van der Waals surface area (Å²) in [5.41, 5.74) is 5.00. The van der Waals surface area contributed by atoms with E-state index in [9.17, 15) is 13.2 Å². The Balaban J connectivity index is 5.13. The lowest BCUT2D eigenvalue weighted by molar-refractivity contribution is -0.114. The van der Waals surface area contributed by atoms with Crippen molar-refractivity contribution in [2.75, 3.05) is 0 Å². The largest absolute Gasteiger partial charge is 0.366 e. The van der Waals surface area contributed by atoms with E-state index in [2.05, 4.69) is 0 Å². The van der Waals surface area contributed by atoms with Crippen molar-refractivity contribution in [1.29, 1.82) is 0 Å². The fourth-order valence-corrected chi connectivity index (χ4v) is 0.993. The number of primary amides is 1. The molecule has 76 valence electrons. The number of amides is 1. The number of rotatable bonds is 3. The van der Waals surface area contributed by atoms with Gasteiger partial charge in [-0.15, -0.1) is 0 Å². The molecule has 0 aliphatic carbocycles. The lowest BCUT2D eigenvalue weighted by Gasteiger charge is -2.16. The van der Waals surface area contributed by atoms with Gasteiger partial charge >= 0.3 is 0 Å². The molecule has 0 spiro atoms. The van der Waals surface area contributed by atoms with Crippen LogP contribution in [0.25, 0.3) is 0 Å². The Morgan fingerprint density at radius 2 is 1.85 bits per heavy atom. The molecule has 0 atom stereocenters. The Kier molecular flexibility index (Phi) is 3.23. The van der Waals surface area contributed by atoms with Crippen molar-refractivity contribution in [1.82, 2.24) is 0 Å². The predicted octanol–water partition coefficient (Wildman–Crippen LogP) is 0.0844. The van der Waals surface area contributed by atoms with Crippen molar-refractivity contribution in [2.45, 2.75) is 25.5 Å². The van der Waals surface area contributed by atoms with Gasteiger partial charge in [-0.25, -0.2) is 0 Å². The summed E-state index contributed by atoms with van der Waals surface area (Å²) in [4.78, 5) is 10.6. The van der Waals surface area contributed by atoms with Crippen LogP contribution >= 0.6 is 0 Å². The van der Waals surface area contributed by atoms with Gasteiger partial charge in [-0.2, -0.15) is 8.42 Å². The van der Waals surface area contributed by atoms with E-state index in [-0.39, 0.29) is 5.57 Å². The van der Waals surface area contributed by atoms with Crippen molar-refractivity contribution in [3.05, 3.63) is 11.6 Å². The first-order valence-electron chi connectivity index (χ1n) is 3.54. The zero-order chi connectivity index (χ0) is 10.9. The van der Waals surface area contributed by atoms with Gasteiger partial charge < -0.3 is 5.73 Å². The van der Waals surface area contributed by atoms with E-state index in [1.165, 1.54) is 20.8 Å². The lowest BCUT2D eigenvalue weighted by atomic mass is 10.1. The SMILES string of the molecule is C/C(=C\C(C)(C)S(=O)(=O)O)C(N)=O. The summed E-state index contributed by atoms with van der Waals surface area (Å²) in [7, 11) is -4.22. The first kappa shape index (κ1) is 12.1. The van der Waals surface area contributed by atoms with Crippen LogP contribution in [0, 0.1) is 0 Å². The number of nitrogens with two attached hydrogens (primary N) is 1. The average Bonchev–Trinajstić information content (AvgIpc) is 1.83. The molecular weight excluding hydrogens is 194 g/mol. The van der Waals surface area contributed by atoms with Crippen molar-refractivity contribution in [2.24, 2.45) is 5.73 Å². The van der Waals surface area contributed by atoms with Crippen LogP contribution < -0.4 is 5.73 Å². The molecule has 0 unspecified atom stereocenters. The Hall–Kier alpha value is -0.880. The van der Waals surface area contributed by atoms with Gasteiger partial charge in [-0.3, -0.25) is 9.35 Å². The number of carbonyl (C=O) groups is 1. The molecule has 0 aromatic carbocycles. The Morgan fingerprint density at radius 1 is 1.46 bits per heavy atom. The molecule has 0 aromatic heterocycles. The number of hydrogen-bond donors (Lipinski definition) is 2. The van der Waals surface area contributed by atoms with E-state index >= 15 is 0 Å². The first-order valence-corrected chi connectivity index (χ1v) is 4.98. The van der Waals surface area contributed by atoms with Crippen molar-refractivity contribution >= 4 is 16.0 Å². The van der Waals surface area contributed by atoms with E-state index in [1.807, 2.05) is 0 Å². The van der Waals surface area contributed by atoms with Gasteiger partial charge in [0.25, 0.3) is 10.1 Å². The maximum absolute atomic E-state index is 10.8. The van der Waals surface area contributed by atoms with Crippen LogP contribution in [0.1, 0.15) is 20.8 Å². The van der Waals surface area contributed by atoms with E-state index in [1.54, 1.807) is 0 Å². The zero-order valence-corrected chi connectivity index (χ0v) is 8.55. The summed E-state index contributed by atoms with van der Waals surface area (Å²) in [6.45, 7) is 3.93. The molecule has 0 fully saturated rings. The van der Waals surface area contributed by atoms with Gasteiger partial charge in [-0.05, 0) is 20.8 Å². The molecule has 3 N–H and O–H groups in total. The van der Waals surface area contributed by atoms with Crippen molar-refractivity contribution in [3.63, 3.8) is 0 Å². The van der Waals surface area contributed by atoms with Crippen LogP contribution in [-0.2, 0) is 14.9 Å². The summed E-state index contributed by atoms with van der Waals surface area (Å²) < 4.78 is 28.8. The van der Waals surface area contributed by atoms with Crippen LogP contribution in [0.5, 0.6) is 0 Å². The Labute approximate surface area is 77.4 Å². The predicted molar refractivity (Wildman–Crippen MR) is 48.6 cm³/mol. The van der Waals surface area contributed by atoms with Gasteiger partial charge in [0, 0.05) is 5.57 Å². The van der Waals surface area contributed by atoms with E-state index in [0.717, 1.165) is 6.08 Å². The molecule has 0 radical (unpaired) electrons. The maximum Gasteiger partial charge on any atom is 0.273 e. The quantitative estimate of drug-likeness (QED) is 0.506. The molecule has 0 saturated carbocycles. The molecule has 1 amide bonds. The van der Waals surface area contributed by atoms with E-state index < -0.39 is 20.8 Å². The molecule has 0 rings (SSSR count). The van der Waals surface area contributed by atoms with Crippen molar-refractivity contribution in [3.8, 4) is 0 Å². The fourth-order valence-electron chi connectivity index (χ4n) is 0.667. The molecule has 13 heavy (non-hydrogen) atoms. The number of hydrogen-bond acceptors (Lipinski definition) is 3. The van der Waals surface area contributed by atoms with Crippen LogP contribution in [0.15, 0.2) is 11.6 Å². The second-order valence-corrected chi connectivity index (χ2v) is 5.27. The lowest BCUT2D eigenvalue weighted by Crippen LogP contribution is -2.30. The molecule has 0 aromatic rings. The van der Waals surface area contributed by atoms with Gasteiger partial charge in [0.05, 0.1) is 0 Å². The molecule has 0 saturated heterocycles. The summed E-state index contributed by atoms with van der Waals surface area (Å²) in [6, 6.07) is 0. The van der Waals surface area contributed by atoms with E-state index in [4.69, 9.17) is 10.3 Å². The standard InChI is InChI=1S/C7H13NO4S/c1-5(6(8)9)4-7(2,3)13(10,11)12/h4H,1-3H3,(H2,8,9)(H,10,11,12)/b5-4+. The highest BCUT2D eigenvalue weighted by Gasteiger charge is 2.30. The molecule has 6 heteroatoms. The first-order chi connectivity index (χ1) is 5.58. The Morgan fingerprint density at radius 3 is 2.08 bits per heavy atom. The van der Waals surface area contributed by atoms with E-state index in [0.29, 0.717) is 0 Å². The highest BCUT2D eigenvalue weighted by molar-refractivity contribution is 7.87. The van der Waals surface area contributed by atoms with Gasteiger partial charge in [0.15, 0.2) is 0 Å². The summed E-state index contributed by atoms with van der Waals surface area (Å²) in [5, 5.41) is 0. The molecule has 5 nitrogen and oxygen atoms in total. The smallest absolute Gasteiger partial charge is 0.273 e. The normalized spacial score (nSPS) is 14.3. The minimum absolute atomic E-state index is 0.0997. The van der Waals surface area contributed by atoms with Gasteiger partial charge in [0.1, 0.15) is 4.75 Å². The zero-order valence-electron chi connectivity index (χ0n) is 7.73. The maximum atomic E-state index is 10.8. The minimum Gasteiger partial charge on any atom is -0.366 e. The van der Waals surface area contributed by atoms with Crippen molar-refractivity contribution < 1.29 is 17.8 Å². The minimum atomic E-state index is -4.22. The highest BCUT2D eigenvalue weighted by atomic mass is 32.2.